The number of hydrogen-bond donors (Lipinski definition) is 1. The Hall–Kier alpha value is -0.830. The summed E-state index contributed by atoms with van der Waals surface area (Å²) in [4.78, 5) is 0. The summed E-state index contributed by atoms with van der Waals surface area (Å²) in [5.74, 6) is 0.762. The third-order valence-corrected chi connectivity index (χ3v) is 3.70. The minimum atomic E-state index is 0.268. The molecule has 0 bridgehead atoms. The first kappa shape index (κ1) is 15.2. The Balaban J connectivity index is 2.46. The van der Waals surface area contributed by atoms with Gasteiger partial charge >= 0.3 is 0 Å². The molecule has 0 aliphatic heterocycles. The Morgan fingerprint density at radius 2 is 2.06 bits per heavy atom. The smallest absolute Gasteiger partial charge is 0.0522 e. The van der Waals surface area contributed by atoms with E-state index < -0.39 is 0 Å². The minimum Gasteiger partial charge on any atom is -0.327 e. The van der Waals surface area contributed by atoms with Gasteiger partial charge in [0, 0.05) is 18.8 Å². The summed E-state index contributed by atoms with van der Waals surface area (Å²) >= 11 is 0. The van der Waals surface area contributed by atoms with Gasteiger partial charge in [-0.3, -0.25) is 4.68 Å². The molecule has 3 nitrogen and oxygen atoms in total. The maximum Gasteiger partial charge on any atom is 0.0522 e. The lowest BCUT2D eigenvalue weighted by Crippen LogP contribution is -2.21. The molecular weight excluding hydrogens is 222 g/mol. The van der Waals surface area contributed by atoms with Gasteiger partial charge < -0.3 is 5.73 Å². The maximum atomic E-state index is 5.97. The number of nitrogens with two attached hydrogens (primary N) is 1. The van der Waals surface area contributed by atoms with Crippen molar-refractivity contribution in [1.82, 2.24) is 9.78 Å². The molecule has 1 heterocycles. The molecule has 2 unspecified atom stereocenters. The molecule has 0 amide bonds. The quantitative estimate of drug-likeness (QED) is 0.731. The van der Waals surface area contributed by atoms with Crippen LogP contribution in [-0.2, 0) is 13.0 Å². The van der Waals surface area contributed by atoms with E-state index in [1.54, 1.807) is 0 Å². The molecule has 104 valence electrons. The average molecular weight is 251 g/mol. The van der Waals surface area contributed by atoms with Crippen LogP contribution in [0.15, 0.2) is 12.4 Å². The van der Waals surface area contributed by atoms with E-state index >= 15 is 0 Å². The normalized spacial score (nSPS) is 14.7. The highest BCUT2D eigenvalue weighted by Gasteiger charge is 2.09. The van der Waals surface area contributed by atoms with Crippen molar-refractivity contribution in [2.45, 2.75) is 71.9 Å². The van der Waals surface area contributed by atoms with Gasteiger partial charge in [0.2, 0.25) is 0 Å². The largest absolute Gasteiger partial charge is 0.327 e. The second kappa shape index (κ2) is 8.30. The molecule has 18 heavy (non-hydrogen) atoms. The lowest BCUT2D eigenvalue weighted by Gasteiger charge is -2.14. The summed E-state index contributed by atoms with van der Waals surface area (Å²) < 4.78 is 2.10. The molecule has 1 aromatic heterocycles. The fourth-order valence-electron chi connectivity index (χ4n) is 2.24. The van der Waals surface area contributed by atoms with Crippen molar-refractivity contribution in [3.05, 3.63) is 18.0 Å². The van der Waals surface area contributed by atoms with Crippen LogP contribution in [-0.4, -0.2) is 15.8 Å². The second-order valence-corrected chi connectivity index (χ2v) is 5.36. The number of nitrogens with zero attached hydrogens (tertiary/aromatic N) is 2. The molecule has 0 aromatic carbocycles. The monoisotopic (exact) mass is 251 g/mol. The van der Waals surface area contributed by atoms with Gasteiger partial charge in [-0.15, -0.1) is 0 Å². The Kier molecular flexibility index (Phi) is 7.02. The summed E-state index contributed by atoms with van der Waals surface area (Å²) in [5.41, 5.74) is 7.24. The van der Waals surface area contributed by atoms with E-state index in [0.717, 1.165) is 25.3 Å². The van der Waals surface area contributed by atoms with Gasteiger partial charge in [-0.1, -0.05) is 40.0 Å². The molecule has 1 rings (SSSR count). The zero-order chi connectivity index (χ0) is 13.4. The second-order valence-electron chi connectivity index (χ2n) is 5.36. The number of rotatable bonds is 9. The molecule has 0 aliphatic carbocycles. The molecule has 0 aliphatic rings. The molecular formula is C15H29N3. The first-order valence-corrected chi connectivity index (χ1v) is 7.46. The Morgan fingerprint density at radius 3 is 2.67 bits per heavy atom. The predicted octanol–water partition coefficient (Wildman–Crippen LogP) is 3.38. The molecule has 0 fully saturated rings. The van der Waals surface area contributed by atoms with Crippen molar-refractivity contribution < 1.29 is 0 Å². The van der Waals surface area contributed by atoms with Crippen molar-refractivity contribution in [3.63, 3.8) is 0 Å². The zero-order valence-corrected chi connectivity index (χ0v) is 12.2. The first-order valence-electron chi connectivity index (χ1n) is 7.46. The fraction of sp³-hybridized carbons (Fsp3) is 0.800. The van der Waals surface area contributed by atoms with Crippen LogP contribution in [0.5, 0.6) is 0 Å². The molecule has 0 saturated heterocycles. The first-order chi connectivity index (χ1) is 8.69. The highest BCUT2D eigenvalue weighted by molar-refractivity contribution is 5.05. The van der Waals surface area contributed by atoms with Crippen molar-refractivity contribution in [3.8, 4) is 0 Å². The van der Waals surface area contributed by atoms with Crippen LogP contribution in [0, 0.1) is 5.92 Å². The standard InChI is InChI=1S/C15H29N3/c1-4-7-8-13(5-2)11-18-12-14(10-17-18)9-15(16)6-3/h10,12-13,15H,4-9,11,16H2,1-3H3. The SMILES string of the molecule is CCCCC(CC)Cn1cc(CC(N)CC)cn1. The van der Waals surface area contributed by atoms with Gasteiger partial charge in [0.25, 0.3) is 0 Å². The van der Waals surface area contributed by atoms with Crippen LogP contribution in [0.2, 0.25) is 0 Å². The summed E-state index contributed by atoms with van der Waals surface area (Å²) in [7, 11) is 0. The highest BCUT2D eigenvalue weighted by Crippen LogP contribution is 2.15. The van der Waals surface area contributed by atoms with E-state index in [2.05, 4.69) is 36.7 Å². The Morgan fingerprint density at radius 1 is 1.28 bits per heavy atom. The van der Waals surface area contributed by atoms with Crippen LogP contribution < -0.4 is 5.73 Å². The molecule has 3 heteroatoms. The fourth-order valence-corrected chi connectivity index (χ4v) is 2.24. The van der Waals surface area contributed by atoms with Crippen molar-refractivity contribution >= 4 is 0 Å². The molecule has 2 atom stereocenters. The molecule has 0 spiro atoms. The van der Waals surface area contributed by atoms with Gasteiger partial charge in [-0.05, 0) is 30.7 Å². The van der Waals surface area contributed by atoms with E-state index in [9.17, 15) is 0 Å². The van der Waals surface area contributed by atoms with Crippen molar-refractivity contribution in [2.75, 3.05) is 0 Å². The molecule has 0 saturated carbocycles. The molecule has 1 aromatic rings. The minimum absolute atomic E-state index is 0.268. The number of hydrogen-bond acceptors (Lipinski definition) is 2. The average Bonchev–Trinajstić information content (AvgIpc) is 2.81. The lowest BCUT2D eigenvalue weighted by atomic mass is 9.99. The van der Waals surface area contributed by atoms with E-state index in [-0.39, 0.29) is 6.04 Å². The number of aromatic nitrogens is 2. The van der Waals surface area contributed by atoms with E-state index in [0.29, 0.717) is 0 Å². The summed E-state index contributed by atoms with van der Waals surface area (Å²) in [5, 5.41) is 4.46. The van der Waals surface area contributed by atoms with Gasteiger partial charge in [0.1, 0.15) is 0 Å². The van der Waals surface area contributed by atoms with Gasteiger partial charge in [-0.2, -0.15) is 5.10 Å². The van der Waals surface area contributed by atoms with Crippen LogP contribution in [0.4, 0.5) is 0 Å². The number of unbranched alkanes of at least 4 members (excludes halogenated alkanes) is 1. The van der Waals surface area contributed by atoms with Gasteiger partial charge in [-0.25, -0.2) is 0 Å². The summed E-state index contributed by atoms with van der Waals surface area (Å²) in [6.07, 6.45) is 11.3. The zero-order valence-electron chi connectivity index (χ0n) is 12.2. The van der Waals surface area contributed by atoms with E-state index in [1.165, 1.54) is 31.2 Å². The van der Waals surface area contributed by atoms with Crippen LogP contribution in [0.25, 0.3) is 0 Å². The van der Waals surface area contributed by atoms with Gasteiger partial charge in [0.05, 0.1) is 6.20 Å². The third-order valence-electron chi connectivity index (χ3n) is 3.70. The van der Waals surface area contributed by atoms with Crippen molar-refractivity contribution in [1.29, 1.82) is 0 Å². The lowest BCUT2D eigenvalue weighted by molar-refractivity contribution is 0.372. The molecule has 2 N–H and O–H groups in total. The maximum absolute atomic E-state index is 5.97. The highest BCUT2D eigenvalue weighted by atomic mass is 15.3. The summed E-state index contributed by atoms with van der Waals surface area (Å²) in [6, 6.07) is 0.268. The summed E-state index contributed by atoms with van der Waals surface area (Å²) in [6.45, 7) is 7.72. The van der Waals surface area contributed by atoms with Gasteiger partial charge in [0.15, 0.2) is 0 Å². The van der Waals surface area contributed by atoms with Crippen LogP contribution in [0.1, 0.15) is 58.4 Å². The van der Waals surface area contributed by atoms with Crippen molar-refractivity contribution in [2.24, 2.45) is 11.7 Å². The van der Waals surface area contributed by atoms with Crippen LogP contribution >= 0.6 is 0 Å². The Bertz CT molecular complexity index is 319. The Labute approximate surface area is 112 Å². The van der Waals surface area contributed by atoms with E-state index in [1.807, 2.05) is 6.20 Å². The molecule has 0 radical (unpaired) electrons. The topological polar surface area (TPSA) is 43.8 Å². The predicted molar refractivity (Wildman–Crippen MR) is 77.5 cm³/mol. The van der Waals surface area contributed by atoms with E-state index in [4.69, 9.17) is 5.73 Å². The third kappa shape index (κ3) is 5.21. The van der Waals surface area contributed by atoms with Crippen LogP contribution in [0.3, 0.4) is 0 Å².